The van der Waals surface area contributed by atoms with Crippen molar-refractivity contribution in [3.63, 3.8) is 0 Å². The van der Waals surface area contributed by atoms with E-state index in [4.69, 9.17) is 9.84 Å². The van der Waals surface area contributed by atoms with Gasteiger partial charge in [-0.05, 0) is 38.6 Å². The average molecular weight is 201 g/mol. The second kappa shape index (κ2) is 5.32. The Labute approximate surface area is 84.6 Å². The highest BCUT2D eigenvalue weighted by molar-refractivity contribution is 5.79. The third kappa shape index (κ3) is 2.69. The maximum absolute atomic E-state index is 11.1. The molecule has 82 valence electrons. The van der Waals surface area contributed by atoms with Crippen molar-refractivity contribution in [2.75, 3.05) is 20.3 Å². The van der Waals surface area contributed by atoms with Crippen LogP contribution in [-0.4, -0.2) is 36.9 Å². The predicted molar refractivity (Wildman–Crippen MR) is 53.3 cm³/mol. The van der Waals surface area contributed by atoms with Crippen molar-refractivity contribution in [3.05, 3.63) is 0 Å². The lowest BCUT2D eigenvalue weighted by Gasteiger charge is -2.24. The highest BCUT2D eigenvalue weighted by atomic mass is 16.5. The number of carbonyl (C=O) groups is 1. The Morgan fingerprint density at radius 3 is 2.86 bits per heavy atom. The number of aliphatic carboxylic acids is 1. The molecule has 0 aromatic carbocycles. The van der Waals surface area contributed by atoms with E-state index in [0.29, 0.717) is 6.42 Å². The maximum atomic E-state index is 11.1. The smallest absolute Gasteiger partial charge is 0.323 e. The first-order valence-corrected chi connectivity index (χ1v) is 5.19. The van der Waals surface area contributed by atoms with E-state index in [1.807, 2.05) is 0 Å². The molecule has 1 aliphatic rings. The fourth-order valence-electron chi connectivity index (χ4n) is 1.98. The SMILES string of the molecule is COCCCCC1(C(=O)O)CCCN1. The van der Waals surface area contributed by atoms with Crippen LogP contribution >= 0.6 is 0 Å². The zero-order valence-electron chi connectivity index (χ0n) is 8.71. The van der Waals surface area contributed by atoms with Gasteiger partial charge in [-0.15, -0.1) is 0 Å². The Bertz CT molecular complexity index is 188. The van der Waals surface area contributed by atoms with Crippen LogP contribution in [0.3, 0.4) is 0 Å². The molecule has 1 heterocycles. The monoisotopic (exact) mass is 201 g/mol. The van der Waals surface area contributed by atoms with E-state index in [1.165, 1.54) is 0 Å². The number of carboxylic acid groups (broad SMARTS) is 1. The molecule has 0 amide bonds. The van der Waals surface area contributed by atoms with Crippen LogP contribution in [0, 0.1) is 0 Å². The summed E-state index contributed by atoms with van der Waals surface area (Å²) in [6.45, 7) is 1.55. The number of ether oxygens (including phenoxy) is 1. The van der Waals surface area contributed by atoms with Gasteiger partial charge >= 0.3 is 5.97 Å². The van der Waals surface area contributed by atoms with Crippen LogP contribution in [0.5, 0.6) is 0 Å². The van der Waals surface area contributed by atoms with Gasteiger partial charge in [0.2, 0.25) is 0 Å². The minimum absolute atomic E-state index is 0.645. The lowest BCUT2D eigenvalue weighted by Crippen LogP contribution is -2.47. The first-order valence-electron chi connectivity index (χ1n) is 5.19. The van der Waals surface area contributed by atoms with E-state index < -0.39 is 11.5 Å². The molecular weight excluding hydrogens is 182 g/mol. The highest BCUT2D eigenvalue weighted by Crippen LogP contribution is 2.25. The standard InChI is InChI=1S/C10H19NO3/c1-14-8-3-2-5-10(9(12)13)6-4-7-11-10/h11H,2-8H2,1H3,(H,12,13). The molecule has 1 unspecified atom stereocenters. The lowest BCUT2D eigenvalue weighted by atomic mass is 9.91. The number of rotatable bonds is 6. The van der Waals surface area contributed by atoms with Gasteiger partial charge in [-0.1, -0.05) is 0 Å². The Morgan fingerprint density at radius 2 is 2.36 bits per heavy atom. The highest BCUT2D eigenvalue weighted by Gasteiger charge is 2.40. The Balaban J connectivity index is 2.33. The molecular formula is C10H19NO3. The van der Waals surface area contributed by atoms with Crippen LogP contribution < -0.4 is 5.32 Å². The van der Waals surface area contributed by atoms with Crippen LogP contribution in [0.4, 0.5) is 0 Å². The second-order valence-corrected chi connectivity index (χ2v) is 3.87. The van der Waals surface area contributed by atoms with Crippen LogP contribution in [0.15, 0.2) is 0 Å². The summed E-state index contributed by atoms with van der Waals surface area (Å²) in [6.07, 6.45) is 4.29. The van der Waals surface area contributed by atoms with Crippen molar-refractivity contribution in [1.82, 2.24) is 5.32 Å². The van der Waals surface area contributed by atoms with Crippen molar-refractivity contribution < 1.29 is 14.6 Å². The zero-order chi connectivity index (χ0) is 10.4. The van der Waals surface area contributed by atoms with Gasteiger partial charge in [-0.3, -0.25) is 4.79 Å². The molecule has 14 heavy (non-hydrogen) atoms. The van der Waals surface area contributed by atoms with Gasteiger partial charge in [0.15, 0.2) is 0 Å². The first-order chi connectivity index (χ1) is 6.71. The van der Waals surface area contributed by atoms with Crippen molar-refractivity contribution in [2.45, 2.75) is 37.6 Å². The van der Waals surface area contributed by atoms with Crippen molar-refractivity contribution in [2.24, 2.45) is 0 Å². The molecule has 0 bridgehead atoms. The molecule has 1 fully saturated rings. The van der Waals surface area contributed by atoms with Crippen molar-refractivity contribution in [3.8, 4) is 0 Å². The van der Waals surface area contributed by atoms with Crippen LogP contribution in [-0.2, 0) is 9.53 Å². The van der Waals surface area contributed by atoms with Crippen LogP contribution in [0.25, 0.3) is 0 Å². The van der Waals surface area contributed by atoms with Gasteiger partial charge in [0.1, 0.15) is 5.54 Å². The molecule has 1 saturated heterocycles. The molecule has 0 saturated carbocycles. The molecule has 0 radical (unpaired) electrons. The summed E-state index contributed by atoms with van der Waals surface area (Å²) in [7, 11) is 1.67. The summed E-state index contributed by atoms with van der Waals surface area (Å²) in [6, 6.07) is 0. The van der Waals surface area contributed by atoms with Crippen LogP contribution in [0.1, 0.15) is 32.1 Å². The largest absolute Gasteiger partial charge is 0.480 e. The van der Waals surface area contributed by atoms with Gasteiger partial charge < -0.3 is 15.2 Å². The Kier molecular flexibility index (Phi) is 4.35. The molecule has 1 aliphatic heterocycles. The molecule has 0 aromatic rings. The fraction of sp³-hybridized carbons (Fsp3) is 0.900. The van der Waals surface area contributed by atoms with Crippen molar-refractivity contribution >= 4 is 5.97 Å². The van der Waals surface area contributed by atoms with Gasteiger partial charge in [0.05, 0.1) is 0 Å². The molecule has 4 nitrogen and oxygen atoms in total. The molecule has 0 spiro atoms. The number of nitrogens with one attached hydrogen (secondary N) is 1. The van der Waals surface area contributed by atoms with Crippen molar-refractivity contribution in [1.29, 1.82) is 0 Å². The number of methoxy groups -OCH3 is 1. The third-order valence-electron chi connectivity index (χ3n) is 2.86. The third-order valence-corrected chi connectivity index (χ3v) is 2.86. The normalized spacial score (nSPS) is 26.6. The van der Waals surface area contributed by atoms with E-state index in [1.54, 1.807) is 7.11 Å². The number of unbranched alkanes of at least 4 members (excludes halogenated alkanes) is 1. The van der Waals surface area contributed by atoms with Gasteiger partial charge in [-0.2, -0.15) is 0 Å². The predicted octanol–water partition coefficient (Wildman–Crippen LogP) is 1.01. The quantitative estimate of drug-likeness (QED) is 0.630. The zero-order valence-corrected chi connectivity index (χ0v) is 8.71. The number of hydrogen-bond acceptors (Lipinski definition) is 3. The Hall–Kier alpha value is -0.610. The van der Waals surface area contributed by atoms with Gasteiger partial charge in [0.25, 0.3) is 0 Å². The average Bonchev–Trinajstić information content (AvgIpc) is 2.62. The minimum Gasteiger partial charge on any atom is -0.480 e. The topological polar surface area (TPSA) is 58.6 Å². The fourth-order valence-corrected chi connectivity index (χ4v) is 1.98. The van der Waals surface area contributed by atoms with E-state index in [0.717, 1.165) is 38.8 Å². The minimum atomic E-state index is -0.701. The lowest BCUT2D eigenvalue weighted by molar-refractivity contribution is -0.144. The van der Waals surface area contributed by atoms with Crippen LogP contribution in [0.2, 0.25) is 0 Å². The van der Waals surface area contributed by atoms with Gasteiger partial charge in [-0.25, -0.2) is 0 Å². The molecule has 2 N–H and O–H groups in total. The summed E-state index contributed by atoms with van der Waals surface area (Å²) in [4.78, 5) is 11.1. The summed E-state index contributed by atoms with van der Waals surface area (Å²) in [5, 5.41) is 12.2. The maximum Gasteiger partial charge on any atom is 0.323 e. The van der Waals surface area contributed by atoms with E-state index in [9.17, 15) is 4.79 Å². The number of hydrogen-bond donors (Lipinski definition) is 2. The summed E-state index contributed by atoms with van der Waals surface area (Å²) < 4.78 is 4.93. The molecule has 4 heteroatoms. The summed E-state index contributed by atoms with van der Waals surface area (Å²) >= 11 is 0. The molecule has 1 rings (SSSR count). The van der Waals surface area contributed by atoms with Gasteiger partial charge in [0, 0.05) is 13.7 Å². The second-order valence-electron chi connectivity index (χ2n) is 3.87. The first kappa shape index (κ1) is 11.5. The van der Waals surface area contributed by atoms with E-state index in [2.05, 4.69) is 5.32 Å². The molecule has 0 aromatic heterocycles. The molecule has 1 atom stereocenters. The van der Waals surface area contributed by atoms with E-state index in [-0.39, 0.29) is 0 Å². The van der Waals surface area contributed by atoms with E-state index >= 15 is 0 Å². The Morgan fingerprint density at radius 1 is 1.57 bits per heavy atom. The number of carboxylic acids is 1. The summed E-state index contributed by atoms with van der Waals surface area (Å²) in [5.41, 5.74) is -0.645. The molecule has 0 aliphatic carbocycles. The summed E-state index contributed by atoms with van der Waals surface area (Å²) in [5.74, 6) is -0.701.